The van der Waals surface area contributed by atoms with Crippen molar-refractivity contribution in [1.82, 2.24) is 0 Å². The molecule has 0 amide bonds. The molecular formula is C21H27NO2. The molecule has 1 aliphatic rings. The maximum absolute atomic E-state index is 10.4. The maximum atomic E-state index is 10.4. The van der Waals surface area contributed by atoms with E-state index in [1.54, 1.807) is 0 Å². The van der Waals surface area contributed by atoms with Crippen LogP contribution in [0, 0.1) is 5.92 Å². The normalized spacial score (nSPS) is 22.1. The molecule has 3 rings (SSSR count). The van der Waals surface area contributed by atoms with Gasteiger partial charge in [-0.05, 0) is 48.6 Å². The monoisotopic (exact) mass is 325 g/mol. The van der Waals surface area contributed by atoms with Crippen LogP contribution in [0.4, 0.5) is 0 Å². The number of aliphatic hydroxyl groups excluding tert-OH is 1. The molecular weight excluding hydrogens is 298 g/mol. The van der Waals surface area contributed by atoms with Crippen molar-refractivity contribution in [2.45, 2.75) is 44.3 Å². The third kappa shape index (κ3) is 4.16. The van der Waals surface area contributed by atoms with E-state index in [2.05, 4.69) is 24.3 Å². The first-order valence-corrected chi connectivity index (χ1v) is 8.92. The second-order valence-electron chi connectivity index (χ2n) is 6.70. The van der Waals surface area contributed by atoms with Gasteiger partial charge in [-0.15, -0.1) is 0 Å². The molecule has 0 heterocycles. The molecule has 24 heavy (non-hydrogen) atoms. The largest absolute Gasteiger partial charge is 0.489 e. The molecule has 0 spiro atoms. The number of benzene rings is 2. The van der Waals surface area contributed by atoms with Gasteiger partial charge in [0.25, 0.3) is 0 Å². The number of rotatable bonds is 6. The van der Waals surface area contributed by atoms with Gasteiger partial charge in [-0.25, -0.2) is 0 Å². The molecule has 3 nitrogen and oxygen atoms in total. The predicted octanol–water partition coefficient (Wildman–Crippen LogP) is 3.86. The van der Waals surface area contributed by atoms with Crippen molar-refractivity contribution in [2.75, 3.05) is 6.54 Å². The van der Waals surface area contributed by atoms with E-state index in [-0.39, 0.29) is 17.9 Å². The Labute approximate surface area is 144 Å². The number of hydrogen-bond acceptors (Lipinski definition) is 3. The highest BCUT2D eigenvalue weighted by molar-refractivity contribution is 5.32. The smallest absolute Gasteiger partial charge is 0.120 e. The molecule has 2 aromatic carbocycles. The quantitative estimate of drug-likeness (QED) is 0.848. The van der Waals surface area contributed by atoms with Gasteiger partial charge in [0.05, 0.1) is 6.10 Å². The zero-order chi connectivity index (χ0) is 16.8. The molecule has 2 aromatic rings. The zero-order valence-corrected chi connectivity index (χ0v) is 14.1. The zero-order valence-electron chi connectivity index (χ0n) is 14.1. The molecule has 3 heteroatoms. The summed E-state index contributed by atoms with van der Waals surface area (Å²) in [6.45, 7) is 1.12. The summed E-state index contributed by atoms with van der Waals surface area (Å²) in [6.07, 6.45) is 4.02. The predicted molar refractivity (Wildman–Crippen MR) is 97.0 cm³/mol. The average molecular weight is 325 g/mol. The van der Waals surface area contributed by atoms with Crippen LogP contribution in [0.15, 0.2) is 54.6 Å². The molecule has 128 valence electrons. The third-order valence-corrected chi connectivity index (χ3v) is 5.09. The van der Waals surface area contributed by atoms with Gasteiger partial charge in [-0.3, -0.25) is 0 Å². The molecule has 0 unspecified atom stereocenters. The highest BCUT2D eigenvalue weighted by Crippen LogP contribution is 2.36. The van der Waals surface area contributed by atoms with Crippen molar-refractivity contribution >= 4 is 0 Å². The molecule has 1 aliphatic carbocycles. The van der Waals surface area contributed by atoms with Crippen LogP contribution in [0.3, 0.4) is 0 Å². The Kier molecular flexibility index (Phi) is 5.89. The van der Waals surface area contributed by atoms with Crippen LogP contribution in [0.25, 0.3) is 0 Å². The van der Waals surface area contributed by atoms with Crippen LogP contribution in [0.2, 0.25) is 0 Å². The fourth-order valence-electron chi connectivity index (χ4n) is 3.74. The van der Waals surface area contributed by atoms with Gasteiger partial charge < -0.3 is 15.6 Å². The second kappa shape index (κ2) is 8.32. The first-order chi connectivity index (χ1) is 11.8. The molecule has 1 saturated carbocycles. The Morgan fingerprint density at radius 2 is 1.83 bits per heavy atom. The molecule has 1 fully saturated rings. The van der Waals surface area contributed by atoms with Crippen LogP contribution in [-0.4, -0.2) is 17.8 Å². The molecule has 0 aromatic heterocycles. The summed E-state index contributed by atoms with van der Waals surface area (Å²) in [5.74, 6) is 1.31. The molecule has 0 aliphatic heterocycles. The average Bonchev–Trinajstić information content (AvgIpc) is 2.63. The van der Waals surface area contributed by atoms with Crippen molar-refractivity contribution < 1.29 is 9.84 Å². The van der Waals surface area contributed by atoms with Crippen LogP contribution < -0.4 is 10.5 Å². The number of ether oxygens (including phenoxy) is 1. The van der Waals surface area contributed by atoms with Gasteiger partial charge in [0, 0.05) is 5.92 Å². The van der Waals surface area contributed by atoms with Gasteiger partial charge in [-0.1, -0.05) is 55.3 Å². The molecule has 3 atom stereocenters. The van der Waals surface area contributed by atoms with Crippen molar-refractivity contribution in [2.24, 2.45) is 11.7 Å². The van der Waals surface area contributed by atoms with E-state index in [9.17, 15) is 5.11 Å². The number of aliphatic hydroxyl groups is 1. The standard InChI is InChI=1S/C21H27NO2/c22-14-20(19-11-4-5-12-21(19)23)17-9-6-10-18(13-17)24-15-16-7-2-1-3-8-16/h1-3,6-10,13,19-21,23H,4-5,11-12,14-15,22H2/t19-,20+,21-/m1/s1. The Balaban J connectivity index is 1.71. The van der Waals surface area contributed by atoms with Gasteiger partial charge in [-0.2, -0.15) is 0 Å². The minimum atomic E-state index is -0.235. The van der Waals surface area contributed by atoms with E-state index in [0.29, 0.717) is 13.2 Å². The Hall–Kier alpha value is -1.84. The lowest BCUT2D eigenvalue weighted by Crippen LogP contribution is -2.33. The minimum absolute atomic E-state index is 0.195. The third-order valence-electron chi connectivity index (χ3n) is 5.09. The second-order valence-corrected chi connectivity index (χ2v) is 6.70. The summed E-state index contributed by atoms with van der Waals surface area (Å²) in [4.78, 5) is 0. The number of hydrogen-bond donors (Lipinski definition) is 2. The van der Waals surface area contributed by atoms with E-state index < -0.39 is 0 Å². The van der Waals surface area contributed by atoms with Gasteiger partial charge >= 0.3 is 0 Å². The maximum Gasteiger partial charge on any atom is 0.120 e. The van der Waals surface area contributed by atoms with E-state index in [0.717, 1.165) is 30.6 Å². The number of nitrogens with two attached hydrogens (primary N) is 1. The van der Waals surface area contributed by atoms with Gasteiger partial charge in [0.15, 0.2) is 0 Å². The van der Waals surface area contributed by atoms with Crippen LogP contribution in [0.5, 0.6) is 5.75 Å². The Morgan fingerprint density at radius 3 is 2.58 bits per heavy atom. The Bertz CT molecular complexity index is 629. The summed E-state index contributed by atoms with van der Waals surface area (Å²) in [5, 5.41) is 10.4. The van der Waals surface area contributed by atoms with Crippen molar-refractivity contribution in [3.05, 3.63) is 65.7 Å². The molecule has 0 radical (unpaired) electrons. The summed E-state index contributed by atoms with van der Waals surface area (Å²) in [7, 11) is 0. The molecule has 3 N–H and O–H groups in total. The Morgan fingerprint density at radius 1 is 1.04 bits per heavy atom. The van der Waals surface area contributed by atoms with Crippen LogP contribution >= 0.6 is 0 Å². The van der Waals surface area contributed by atoms with Crippen LogP contribution in [0.1, 0.15) is 42.7 Å². The van der Waals surface area contributed by atoms with Crippen molar-refractivity contribution in [3.63, 3.8) is 0 Å². The van der Waals surface area contributed by atoms with E-state index >= 15 is 0 Å². The highest BCUT2D eigenvalue weighted by Gasteiger charge is 2.30. The fraction of sp³-hybridized carbons (Fsp3) is 0.429. The first kappa shape index (κ1) is 17.0. The lowest BCUT2D eigenvalue weighted by Gasteiger charge is -2.34. The summed E-state index contributed by atoms with van der Waals surface area (Å²) < 4.78 is 5.94. The highest BCUT2D eigenvalue weighted by atomic mass is 16.5. The molecule has 0 saturated heterocycles. The SMILES string of the molecule is NC[C@@H](c1cccc(OCc2ccccc2)c1)[C@H]1CCCC[C@H]1O. The summed E-state index contributed by atoms with van der Waals surface area (Å²) in [6, 6.07) is 18.4. The minimum Gasteiger partial charge on any atom is -0.489 e. The molecule has 0 bridgehead atoms. The van der Waals surface area contributed by atoms with Crippen molar-refractivity contribution in [3.8, 4) is 5.75 Å². The van der Waals surface area contributed by atoms with E-state index in [4.69, 9.17) is 10.5 Å². The summed E-state index contributed by atoms with van der Waals surface area (Å²) in [5.41, 5.74) is 8.39. The summed E-state index contributed by atoms with van der Waals surface area (Å²) >= 11 is 0. The van der Waals surface area contributed by atoms with Crippen molar-refractivity contribution in [1.29, 1.82) is 0 Å². The van der Waals surface area contributed by atoms with Crippen LogP contribution in [-0.2, 0) is 6.61 Å². The van der Waals surface area contributed by atoms with Gasteiger partial charge in [0.1, 0.15) is 12.4 Å². The fourth-order valence-corrected chi connectivity index (χ4v) is 3.74. The van der Waals surface area contributed by atoms with Gasteiger partial charge in [0.2, 0.25) is 0 Å². The lowest BCUT2D eigenvalue weighted by atomic mass is 9.75. The lowest BCUT2D eigenvalue weighted by molar-refractivity contribution is 0.0560. The van der Waals surface area contributed by atoms with E-state index in [1.165, 1.54) is 12.0 Å². The topological polar surface area (TPSA) is 55.5 Å². The van der Waals surface area contributed by atoms with E-state index in [1.807, 2.05) is 30.3 Å². The first-order valence-electron chi connectivity index (χ1n) is 8.92.